The zero-order valence-electron chi connectivity index (χ0n) is 11.6. The highest BCUT2D eigenvalue weighted by Crippen LogP contribution is 2.12. The molecule has 0 spiro atoms. The summed E-state index contributed by atoms with van der Waals surface area (Å²) < 4.78 is 0.0563. The van der Waals surface area contributed by atoms with Crippen molar-refractivity contribution in [1.82, 2.24) is 0 Å². The van der Waals surface area contributed by atoms with Gasteiger partial charge in [-0.2, -0.15) is 0 Å². The first-order valence-electron chi connectivity index (χ1n) is 7.25. The molecule has 0 aromatic carbocycles. The number of rotatable bonds is 11. The average molecular weight is 229 g/mol. The molecule has 0 aromatic rings. The largest absolute Gasteiger partial charge is 0.633 e. The SMILES string of the molecule is CCCCCCCC[N+]([O-])(CCC)CCC. The molecule has 0 heterocycles. The molecule has 0 amide bonds. The molecule has 0 N–H and O–H groups in total. The van der Waals surface area contributed by atoms with Gasteiger partial charge in [0.2, 0.25) is 0 Å². The quantitative estimate of drug-likeness (QED) is 0.291. The summed E-state index contributed by atoms with van der Waals surface area (Å²) in [5.41, 5.74) is 0. The zero-order valence-corrected chi connectivity index (χ0v) is 11.6. The van der Waals surface area contributed by atoms with E-state index in [4.69, 9.17) is 0 Å². The van der Waals surface area contributed by atoms with Crippen LogP contribution in [0.3, 0.4) is 0 Å². The third-order valence-electron chi connectivity index (χ3n) is 3.18. The van der Waals surface area contributed by atoms with E-state index in [0.717, 1.165) is 38.9 Å². The van der Waals surface area contributed by atoms with Crippen LogP contribution in [0.25, 0.3) is 0 Å². The molecule has 98 valence electrons. The monoisotopic (exact) mass is 229 g/mol. The maximum Gasteiger partial charge on any atom is 0.0783 e. The van der Waals surface area contributed by atoms with Gasteiger partial charge in [0.15, 0.2) is 0 Å². The third kappa shape index (κ3) is 8.12. The van der Waals surface area contributed by atoms with Crippen molar-refractivity contribution in [3.05, 3.63) is 5.21 Å². The number of hydrogen-bond donors (Lipinski definition) is 0. The van der Waals surface area contributed by atoms with Gasteiger partial charge < -0.3 is 9.85 Å². The summed E-state index contributed by atoms with van der Waals surface area (Å²) in [4.78, 5) is 0. The van der Waals surface area contributed by atoms with Crippen molar-refractivity contribution >= 4 is 0 Å². The molecule has 0 bridgehead atoms. The predicted octanol–water partition coefficient (Wildman–Crippen LogP) is 4.48. The fraction of sp³-hybridized carbons (Fsp3) is 1.00. The molecule has 0 fully saturated rings. The highest BCUT2D eigenvalue weighted by molar-refractivity contribution is 4.48. The van der Waals surface area contributed by atoms with Gasteiger partial charge in [-0.25, -0.2) is 0 Å². The van der Waals surface area contributed by atoms with Crippen LogP contribution in [0.1, 0.15) is 72.1 Å². The first-order valence-corrected chi connectivity index (χ1v) is 7.25. The van der Waals surface area contributed by atoms with Crippen LogP contribution >= 0.6 is 0 Å². The molecule has 0 saturated heterocycles. The van der Waals surface area contributed by atoms with Crippen molar-refractivity contribution < 1.29 is 4.65 Å². The van der Waals surface area contributed by atoms with Crippen molar-refractivity contribution in [2.45, 2.75) is 72.1 Å². The first-order chi connectivity index (χ1) is 7.68. The molecule has 0 aliphatic heterocycles. The number of nitrogens with zero attached hydrogens (tertiary/aromatic N) is 1. The topological polar surface area (TPSA) is 23.1 Å². The lowest BCUT2D eigenvalue weighted by Crippen LogP contribution is -2.44. The van der Waals surface area contributed by atoms with E-state index in [1.165, 1.54) is 32.1 Å². The predicted molar refractivity (Wildman–Crippen MR) is 72.2 cm³/mol. The molecular formula is C14H31NO. The number of unbranched alkanes of at least 4 members (excludes halogenated alkanes) is 5. The molecule has 0 aliphatic rings. The summed E-state index contributed by atoms with van der Waals surface area (Å²) >= 11 is 0. The van der Waals surface area contributed by atoms with E-state index in [1.807, 2.05) is 0 Å². The average Bonchev–Trinajstić information content (AvgIpc) is 2.24. The second-order valence-electron chi connectivity index (χ2n) is 5.00. The Kier molecular flexibility index (Phi) is 10.0. The second kappa shape index (κ2) is 10.1. The lowest BCUT2D eigenvalue weighted by molar-refractivity contribution is -0.881. The van der Waals surface area contributed by atoms with Gasteiger partial charge in [0.05, 0.1) is 19.6 Å². The molecular weight excluding hydrogens is 198 g/mol. The first kappa shape index (κ1) is 15.9. The van der Waals surface area contributed by atoms with Crippen LogP contribution in [0.2, 0.25) is 0 Å². The minimum Gasteiger partial charge on any atom is -0.633 e. The highest BCUT2D eigenvalue weighted by atomic mass is 16.5. The standard InChI is InChI=1S/C14H31NO/c1-4-7-8-9-10-11-14-15(16,12-5-2)13-6-3/h4-14H2,1-3H3. The maximum atomic E-state index is 12.3. The van der Waals surface area contributed by atoms with Crippen molar-refractivity contribution in [2.24, 2.45) is 0 Å². The zero-order chi connectivity index (χ0) is 12.3. The fourth-order valence-electron chi connectivity index (χ4n) is 2.33. The lowest BCUT2D eigenvalue weighted by atomic mass is 10.1. The molecule has 2 nitrogen and oxygen atoms in total. The van der Waals surface area contributed by atoms with E-state index in [1.54, 1.807) is 0 Å². The summed E-state index contributed by atoms with van der Waals surface area (Å²) in [5, 5.41) is 12.3. The number of hydrogen-bond acceptors (Lipinski definition) is 1. The van der Waals surface area contributed by atoms with Crippen molar-refractivity contribution in [3.63, 3.8) is 0 Å². The summed E-state index contributed by atoms with van der Waals surface area (Å²) in [7, 11) is 0. The molecule has 0 atom stereocenters. The summed E-state index contributed by atoms with van der Waals surface area (Å²) in [6.07, 6.45) is 9.69. The normalized spacial score (nSPS) is 12.0. The van der Waals surface area contributed by atoms with Crippen LogP contribution in [0.15, 0.2) is 0 Å². The minimum absolute atomic E-state index is 0.0563. The summed E-state index contributed by atoms with van der Waals surface area (Å²) in [6.45, 7) is 8.92. The Morgan fingerprint density at radius 2 is 1.12 bits per heavy atom. The summed E-state index contributed by atoms with van der Waals surface area (Å²) in [5.74, 6) is 0. The maximum absolute atomic E-state index is 12.3. The van der Waals surface area contributed by atoms with Crippen molar-refractivity contribution in [1.29, 1.82) is 0 Å². The van der Waals surface area contributed by atoms with Gasteiger partial charge in [-0.15, -0.1) is 0 Å². The van der Waals surface area contributed by atoms with Gasteiger partial charge in [-0.05, 0) is 25.7 Å². The Morgan fingerprint density at radius 3 is 1.62 bits per heavy atom. The van der Waals surface area contributed by atoms with Gasteiger partial charge in [-0.3, -0.25) is 0 Å². The second-order valence-corrected chi connectivity index (χ2v) is 5.00. The molecule has 0 unspecified atom stereocenters. The number of quaternary nitrogens is 1. The number of hydroxylamine groups is 3. The van der Waals surface area contributed by atoms with E-state index >= 15 is 0 Å². The van der Waals surface area contributed by atoms with Crippen LogP contribution in [0.5, 0.6) is 0 Å². The van der Waals surface area contributed by atoms with E-state index in [0.29, 0.717) is 0 Å². The smallest absolute Gasteiger partial charge is 0.0783 e. The van der Waals surface area contributed by atoms with Gasteiger partial charge in [0, 0.05) is 0 Å². The molecule has 0 radical (unpaired) electrons. The molecule has 2 heteroatoms. The lowest BCUT2D eigenvalue weighted by Gasteiger charge is -2.42. The van der Waals surface area contributed by atoms with Crippen LogP contribution in [-0.4, -0.2) is 24.3 Å². The Balaban J connectivity index is 3.59. The third-order valence-corrected chi connectivity index (χ3v) is 3.18. The van der Waals surface area contributed by atoms with E-state index in [9.17, 15) is 5.21 Å². The molecule has 0 saturated carbocycles. The summed E-state index contributed by atoms with van der Waals surface area (Å²) in [6, 6.07) is 0. The molecule has 0 aromatic heterocycles. The van der Waals surface area contributed by atoms with Crippen LogP contribution in [0, 0.1) is 5.21 Å². The van der Waals surface area contributed by atoms with Crippen LogP contribution < -0.4 is 0 Å². The highest BCUT2D eigenvalue weighted by Gasteiger charge is 2.13. The van der Waals surface area contributed by atoms with Gasteiger partial charge in [-0.1, -0.05) is 46.5 Å². The Hall–Kier alpha value is -0.0800. The minimum atomic E-state index is 0.0563. The van der Waals surface area contributed by atoms with E-state index in [-0.39, 0.29) is 4.65 Å². The molecule has 0 rings (SSSR count). The Bertz CT molecular complexity index is 142. The van der Waals surface area contributed by atoms with Crippen molar-refractivity contribution in [2.75, 3.05) is 19.6 Å². The van der Waals surface area contributed by atoms with Gasteiger partial charge >= 0.3 is 0 Å². The van der Waals surface area contributed by atoms with Crippen LogP contribution in [0.4, 0.5) is 0 Å². The van der Waals surface area contributed by atoms with E-state index < -0.39 is 0 Å². The Morgan fingerprint density at radius 1 is 0.625 bits per heavy atom. The van der Waals surface area contributed by atoms with Crippen LogP contribution in [-0.2, 0) is 0 Å². The Labute approximate surface area is 102 Å². The molecule has 16 heavy (non-hydrogen) atoms. The van der Waals surface area contributed by atoms with E-state index in [2.05, 4.69) is 20.8 Å². The fourth-order valence-corrected chi connectivity index (χ4v) is 2.33. The van der Waals surface area contributed by atoms with Gasteiger partial charge in [0.25, 0.3) is 0 Å². The molecule has 0 aliphatic carbocycles. The van der Waals surface area contributed by atoms with Crippen molar-refractivity contribution in [3.8, 4) is 0 Å². The van der Waals surface area contributed by atoms with Gasteiger partial charge in [0.1, 0.15) is 0 Å².